The van der Waals surface area contributed by atoms with Crippen LogP contribution in [0.4, 0.5) is 5.69 Å². The second-order valence-electron chi connectivity index (χ2n) is 7.92. The van der Waals surface area contributed by atoms with Crippen molar-refractivity contribution in [2.24, 2.45) is 10.9 Å². The lowest BCUT2D eigenvalue weighted by Gasteiger charge is -2.22. The fraction of sp³-hybridized carbons (Fsp3) is 0.682. The number of nitrogens with one attached hydrogen (secondary N) is 2. The van der Waals surface area contributed by atoms with Gasteiger partial charge in [0.05, 0.1) is 6.04 Å². The minimum Gasteiger partial charge on any atom is -0.372 e. The van der Waals surface area contributed by atoms with Crippen LogP contribution in [0.15, 0.2) is 29.3 Å². The maximum atomic E-state index is 4.89. The van der Waals surface area contributed by atoms with E-state index in [4.69, 9.17) is 4.99 Å². The summed E-state index contributed by atoms with van der Waals surface area (Å²) in [6, 6.07) is 9.21. The minimum atomic E-state index is 0. The standard InChI is InChI=1S/C22H37N5.HI/c1-4-23-22(24-16-19-11-14-26(5-2)17-19)25-18(3)20-9-8-10-21(15-20)27-12-6-7-13-27;/h8-10,15,18-19H,4-7,11-14,16-17H2,1-3H3,(H2,23,24,25);1H. The van der Waals surface area contributed by atoms with Gasteiger partial charge in [-0.2, -0.15) is 0 Å². The zero-order valence-electron chi connectivity index (χ0n) is 17.8. The number of benzene rings is 1. The number of aliphatic imine (C=N–C) groups is 1. The number of nitrogens with zero attached hydrogens (tertiary/aromatic N) is 3. The third kappa shape index (κ3) is 6.51. The number of halogens is 1. The highest BCUT2D eigenvalue weighted by Gasteiger charge is 2.21. The van der Waals surface area contributed by atoms with Gasteiger partial charge >= 0.3 is 0 Å². The van der Waals surface area contributed by atoms with Gasteiger partial charge in [-0.3, -0.25) is 4.99 Å². The fourth-order valence-corrected chi connectivity index (χ4v) is 4.14. The Balaban J connectivity index is 0.00000280. The largest absolute Gasteiger partial charge is 0.372 e. The Kier molecular flexibility index (Phi) is 9.85. The minimum absolute atomic E-state index is 0. The second kappa shape index (κ2) is 11.9. The average Bonchev–Trinajstić information content (AvgIpc) is 3.38. The molecule has 6 heteroatoms. The Morgan fingerprint density at radius 2 is 2.00 bits per heavy atom. The van der Waals surface area contributed by atoms with Crippen molar-refractivity contribution in [2.45, 2.75) is 46.1 Å². The summed E-state index contributed by atoms with van der Waals surface area (Å²) >= 11 is 0. The van der Waals surface area contributed by atoms with Crippen molar-refractivity contribution < 1.29 is 0 Å². The molecule has 158 valence electrons. The van der Waals surface area contributed by atoms with Crippen LogP contribution in [0.2, 0.25) is 0 Å². The van der Waals surface area contributed by atoms with Crippen LogP contribution < -0.4 is 15.5 Å². The first-order valence-electron chi connectivity index (χ1n) is 10.8. The molecule has 2 fully saturated rings. The van der Waals surface area contributed by atoms with Crippen molar-refractivity contribution in [3.8, 4) is 0 Å². The first kappa shape index (κ1) is 23.3. The Hall–Kier alpha value is -1.02. The lowest BCUT2D eigenvalue weighted by molar-refractivity contribution is 0.343. The van der Waals surface area contributed by atoms with Gasteiger partial charge in [0.2, 0.25) is 0 Å². The van der Waals surface area contributed by atoms with Crippen molar-refractivity contribution in [1.82, 2.24) is 15.5 Å². The number of hydrogen-bond donors (Lipinski definition) is 2. The van der Waals surface area contributed by atoms with E-state index in [9.17, 15) is 0 Å². The van der Waals surface area contributed by atoms with E-state index in [-0.39, 0.29) is 30.0 Å². The number of hydrogen-bond acceptors (Lipinski definition) is 3. The topological polar surface area (TPSA) is 42.9 Å². The van der Waals surface area contributed by atoms with Crippen LogP contribution in [-0.2, 0) is 0 Å². The van der Waals surface area contributed by atoms with E-state index in [1.54, 1.807) is 0 Å². The number of rotatable bonds is 7. The molecule has 2 aliphatic heterocycles. The van der Waals surface area contributed by atoms with E-state index in [1.165, 1.54) is 56.7 Å². The molecule has 3 rings (SSSR count). The van der Waals surface area contributed by atoms with Gasteiger partial charge in [0.25, 0.3) is 0 Å². The van der Waals surface area contributed by atoms with Gasteiger partial charge in [-0.15, -0.1) is 24.0 Å². The summed E-state index contributed by atoms with van der Waals surface area (Å²) in [6.45, 7) is 14.3. The van der Waals surface area contributed by atoms with Crippen LogP contribution >= 0.6 is 24.0 Å². The van der Waals surface area contributed by atoms with Crippen LogP contribution in [0.3, 0.4) is 0 Å². The smallest absolute Gasteiger partial charge is 0.191 e. The Morgan fingerprint density at radius 3 is 2.68 bits per heavy atom. The highest BCUT2D eigenvalue weighted by molar-refractivity contribution is 14.0. The van der Waals surface area contributed by atoms with Crippen LogP contribution in [0.1, 0.15) is 51.6 Å². The van der Waals surface area contributed by atoms with Crippen molar-refractivity contribution in [2.75, 3.05) is 50.7 Å². The summed E-state index contributed by atoms with van der Waals surface area (Å²) in [4.78, 5) is 9.90. The highest BCUT2D eigenvalue weighted by atomic mass is 127. The molecule has 2 atom stereocenters. The van der Waals surface area contributed by atoms with Crippen LogP contribution in [0, 0.1) is 5.92 Å². The molecular weight excluding hydrogens is 461 g/mol. The number of guanidine groups is 1. The Bertz CT molecular complexity index is 615. The fourth-order valence-electron chi connectivity index (χ4n) is 4.14. The van der Waals surface area contributed by atoms with E-state index in [1.807, 2.05) is 0 Å². The summed E-state index contributed by atoms with van der Waals surface area (Å²) in [5, 5.41) is 7.02. The van der Waals surface area contributed by atoms with Crippen molar-refractivity contribution in [3.05, 3.63) is 29.8 Å². The predicted octanol–water partition coefficient (Wildman–Crippen LogP) is 3.86. The molecule has 5 nitrogen and oxygen atoms in total. The molecule has 1 aromatic rings. The van der Waals surface area contributed by atoms with Gasteiger partial charge in [0.15, 0.2) is 5.96 Å². The molecule has 2 saturated heterocycles. The first-order valence-corrected chi connectivity index (χ1v) is 10.8. The molecular formula is C22H38IN5. The zero-order chi connectivity index (χ0) is 19.1. The predicted molar refractivity (Wildman–Crippen MR) is 131 cm³/mol. The lowest BCUT2D eigenvalue weighted by atomic mass is 10.1. The molecule has 0 radical (unpaired) electrons. The third-order valence-corrected chi connectivity index (χ3v) is 5.86. The van der Waals surface area contributed by atoms with Gasteiger partial charge in [-0.25, -0.2) is 0 Å². The quantitative estimate of drug-likeness (QED) is 0.340. The molecule has 2 N–H and O–H groups in total. The van der Waals surface area contributed by atoms with E-state index >= 15 is 0 Å². The van der Waals surface area contributed by atoms with E-state index in [0.29, 0.717) is 5.92 Å². The molecule has 0 bridgehead atoms. The summed E-state index contributed by atoms with van der Waals surface area (Å²) in [7, 11) is 0. The van der Waals surface area contributed by atoms with Gasteiger partial charge in [0.1, 0.15) is 0 Å². The lowest BCUT2D eigenvalue weighted by Crippen LogP contribution is -2.39. The zero-order valence-corrected chi connectivity index (χ0v) is 20.1. The maximum Gasteiger partial charge on any atom is 0.191 e. The molecule has 0 spiro atoms. The number of likely N-dealkylation sites (tertiary alicyclic amines) is 1. The van der Waals surface area contributed by atoms with E-state index in [2.05, 4.69) is 65.5 Å². The molecule has 2 heterocycles. The third-order valence-electron chi connectivity index (χ3n) is 5.86. The van der Waals surface area contributed by atoms with Crippen molar-refractivity contribution in [3.63, 3.8) is 0 Å². The van der Waals surface area contributed by atoms with Crippen LogP contribution in [0.5, 0.6) is 0 Å². The highest BCUT2D eigenvalue weighted by Crippen LogP contribution is 2.24. The monoisotopic (exact) mass is 499 g/mol. The van der Waals surface area contributed by atoms with Gasteiger partial charge in [-0.1, -0.05) is 19.1 Å². The summed E-state index contributed by atoms with van der Waals surface area (Å²) in [6.07, 6.45) is 3.89. The SMILES string of the molecule is CCNC(=NCC1CCN(CC)C1)NC(C)c1cccc(N2CCCC2)c1.I. The molecule has 0 saturated carbocycles. The van der Waals surface area contributed by atoms with E-state index < -0.39 is 0 Å². The molecule has 0 aromatic heterocycles. The molecule has 0 amide bonds. The van der Waals surface area contributed by atoms with Gasteiger partial charge in [-0.05, 0) is 69.8 Å². The van der Waals surface area contributed by atoms with Gasteiger partial charge in [0, 0.05) is 38.4 Å². The molecule has 1 aromatic carbocycles. The van der Waals surface area contributed by atoms with Crippen molar-refractivity contribution in [1.29, 1.82) is 0 Å². The second-order valence-corrected chi connectivity index (χ2v) is 7.92. The molecule has 0 aliphatic carbocycles. The normalized spacial score (nSPS) is 21.5. The van der Waals surface area contributed by atoms with E-state index in [0.717, 1.165) is 25.6 Å². The molecule has 28 heavy (non-hydrogen) atoms. The van der Waals surface area contributed by atoms with Crippen molar-refractivity contribution >= 4 is 35.6 Å². The molecule has 2 unspecified atom stereocenters. The number of anilines is 1. The van der Waals surface area contributed by atoms with Crippen LogP contribution in [-0.4, -0.2) is 56.7 Å². The average molecular weight is 499 g/mol. The summed E-state index contributed by atoms with van der Waals surface area (Å²) in [5.74, 6) is 1.63. The summed E-state index contributed by atoms with van der Waals surface area (Å²) in [5.41, 5.74) is 2.68. The maximum absolute atomic E-state index is 4.89. The summed E-state index contributed by atoms with van der Waals surface area (Å²) < 4.78 is 0. The Morgan fingerprint density at radius 1 is 1.21 bits per heavy atom. The molecule has 2 aliphatic rings. The Labute approximate surface area is 188 Å². The van der Waals surface area contributed by atoms with Gasteiger partial charge < -0.3 is 20.4 Å². The first-order chi connectivity index (χ1) is 13.2. The van der Waals surface area contributed by atoms with Crippen LogP contribution in [0.25, 0.3) is 0 Å².